The SMILES string of the molecule is CN(C)S(=O)(=O)N(CCO)C1CCCCC1. The maximum Gasteiger partial charge on any atom is 0.281 e. The van der Waals surface area contributed by atoms with Crippen molar-refractivity contribution in [2.24, 2.45) is 0 Å². The van der Waals surface area contributed by atoms with Crippen LogP contribution >= 0.6 is 0 Å². The van der Waals surface area contributed by atoms with Gasteiger partial charge in [-0.25, -0.2) is 0 Å². The largest absolute Gasteiger partial charge is 0.395 e. The Morgan fingerprint density at radius 3 is 2.19 bits per heavy atom. The number of aliphatic hydroxyl groups excluding tert-OH is 1. The molecule has 6 heteroatoms. The summed E-state index contributed by atoms with van der Waals surface area (Å²) in [6, 6.07) is 0.0632. The summed E-state index contributed by atoms with van der Waals surface area (Å²) in [6.07, 6.45) is 5.16. The normalized spacial score (nSPS) is 19.6. The second-order valence-corrected chi connectivity index (χ2v) is 6.51. The van der Waals surface area contributed by atoms with Crippen LogP contribution in [0.4, 0.5) is 0 Å². The molecule has 0 aromatic carbocycles. The van der Waals surface area contributed by atoms with E-state index in [4.69, 9.17) is 5.11 Å². The molecule has 0 aromatic rings. The minimum Gasteiger partial charge on any atom is -0.395 e. The molecule has 0 spiro atoms. The Bertz CT molecular complexity index is 297. The van der Waals surface area contributed by atoms with Crippen LogP contribution in [-0.4, -0.2) is 55.4 Å². The fraction of sp³-hybridized carbons (Fsp3) is 1.00. The summed E-state index contributed by atoms with van der Waals surface area (Å²) < 4.78 is 26.8. The molecular weight excluding hydrogens is 228 g/mol. The highest BCUT2D eigenvalue weighted by Crippen LogP contribution is 2.25. The maximum atomic E-state index is 12.1. The zero-order valence-electron chi connectivity index (χ0n) is 10.1. The van der Waals surface area contributed by atoms with E-state index in [1.807, 2.05) is 0 Å². The molecule has 5 nitrogen and oxygen atoms in total. The van der Waals surface area contributed by atoms with Crippen LogP contribution in [0.15, 0.2) is 0 Å². The number of hydrogen-bond acceptors (Lipinski definition) is 3. The average molecular weight is 250 g/mol. The molecule has 0 heterocycles. The maximum absolute atomic E-state index is 12.1. The van der Waals surface area contributed by atoms with Crippen molar-refractivity contribution in [2.75, 3.05) is 27.2 Å². The monoisotopic (exact) mass is 250 g/mol. The Kier molecular flexibility index (Phi) is 5.17. The van der Waals surface area contributed by atoms with E-state index in [-0.39, 0.29) is 19.2 Å². The van der Waals surface area contributed by atoms with Crippen LogP contribution < -0.4 is 0 Å². The fourth-order valence-electron chi connectivity index (χ4n) is 2.16. The molecule has 0 unspecified atom stereocenters. The Balaban J connectivity index is 2.80. The lowest BCUT2D eigenvalue weighted by atomic mass is 9.95. The van der Waals surface area contributed by atoms with E-state index in [1.165, 1.54) is 29.1 Å². The van der Waals surface area contributed by atoms with Crippen LogP contribution in [0.1, 0.15) is 32.1 Å². The first kappa shape index (κ1) is 13.9. The lowest BCUT2D eigenvalue weighted by Gasteiger charge is -2.34. The zero-order valence-corrected chi connectivity index (χ0v) is 10.9. The van der Waals surface area contributed by atoms with E-state index in [9.17, 15) is 8.42 Å². The molecule has 0 atom stereocenters. The first-order valence-electron chi connectivity index (χ1n) is 5.80. The molecule has 1 saturated carbocycles. The molecule has 0 aromatic heterocycles. The minimum atomic E-state index is -3.39. The van der Waals surface area contributed by atoms with Gasteiger partial charge in [0.05, 0.1) is 6.61 Å². The highest BCUT2D eigenvalue weighted by atomic mass is 32.2. The number of hydrogen-bond donors (Lipinski definition) is 1. The fourth-order valence-corrected chi connectivity index (χ4v) is 3.48. The van der Waals surface area contributed by atoms with Crippen molar-refractivity contribution in [1.29, 1.82) is 0 Å². The smallest absolute Gasteiger partial charge is 0.281 e. The van der Waals surface area contributed by atoms with Crippen LogP contribution in [0.3, 0.4) is 0 Å². The Labute approximate surface area is 98.2 Å². The van der Waals surface area contributed by atoms with Crippen molar-refractivity contribution in [3.8, 4) is 0 Å². The summed E-state index contributed by atoms with van der Waals surface area (Å²) in [5.74, 6) is 0. The minimum absolute atomic E-state index is 0.0632. The Morgan fingerprint density at radius 1 is 1.19 bits per heavy atom. The van der Waals surface area contributed by atoms with Crippen LogP contribution in [0, 0.1) is 0 Å². The van der Waals surface area contributed by atoms with Crippen molar-refractivity contribution in [3.63, 3.8) is 0 Å². The summed E-state index contributed by atoms with van der Waals surface area (Å²) in [7, 11) is -0.334. The highest BCUT2D eigenvalue weighted by Gasteiger charge is 2.31. The molecular formula is C10H22N2O3S. The molecule has 0 aliphatic heterocycles. The van der Waals surface area contributed by atoms with Gasteiger partial charge >= 0.3 is 0 Å². The van der Waals surface area contributed by atoms with Crippen LogP contribution in [0.25, 0.3) is 0 Å². The number of rotatable bonds is 5. The van der Waals surface area contributed by atoms with Gasteiger partial charge in [-0.15, -0.1) is 0 Å². The molecule has 1 aliphatic carbocycles. The topological polar surface area (TPSA) is 60.9 Å². The molecule has 1 N–H and O–H groups in total. The van der Waals surface area contributed by atoms with Gasteiger partial charge in [-0.1, -0.05) is 19.3 Å². The van der Waals surface area contributed by atoms with Crippen LogP contribution in [0.2, 0.25) is 0 Å². The predicted octanol–water partition coefficient (Wildman–Crippen LogP) is 0.420. The molecule has 0 radical (unpaired) electrons. The second-order valence-electron chi connectivity index (χ2n) is 4.42. The predicted molar refractivity (Wildman–Crippen MR) is 63.3 cm³/mol. The van der Waals surface area contributed by atoms with Crippen LogP contribution in [0.5, 0.6) is 0 Å². The third-order valence-corrected chi connectivity index (χ3v) is 5.06. The van der Waals surface area contributed by atoms with E-state index in [2.05, 4.69) is 0 Å². The summed E-state index contributed by atoms with van der Waals surface area (Å²) in [5.41, 5.74) is 0. The van der Waals surface area contributed by atoms with Crippen molar-refractivity contribution < 1.29 is 13.5 Å². The van der Waals surface area contributed by atoms with Gasteiger partial charge in [-0.3, -0.25) is 0 Å². The average Bonchev–Trinajstić information content (AvgIpc) is 2.26. The van der Waals surface area contributed by atoms with E-state index in [0.717, 1.165) is 25.7 Å². The molecule has 1 fully saturated rings. The number of nitrogens with zero attached hydrogens (tertiary/aromatic N) is 2. The van der Waals surface area contributed by atoms with Gasteiger partial charge in [0.25, 0.3) is 10.2 Å². The van der Waals surface area contributed by atoms with E-state index >= 15 is 0 Å². The van der Waals surface area contributed by atoms with Gasteiger partial charge in [0, 0.05) is 26.7 Å². The summed E-state index contributed by atoms with van der Waals surface area (Å²) in [4.78, 5) is 0. The molecule has 1 rings (SSSR count). The molecule has 0 saturated heterocycles. The third-order valence-electron chi connectivity index (χ3n) is 3.06. The summed E-state index contributed by atoms with van der Waals surface area (Å²) in [6.45, 7) is 0.0781. The summed E-state index contributed by atoms with van der Waals surface area (Å²) in [5, 5.41) is 8.99. The van der Waals surface area contributed by atoms with Gasteiger partial charge in [0.1, 0.15) is 0 Å². The lowest BCUT2D eigenvalue weighted by molar-refractivity contribution is 0.192. The molecule has 1 aliphatic rings. The van der Waals surface area contributed by atoms with Gasteiger partial charge < -0.3 is 5.11 Å². The molecule has 16 heavy (non-hydrogen) atoms. The van der Waals surface area contributed by atoms with Gasteiger partial charge in [0.15, 0.2) is 0 Å². The Morgan fingerprint density at radius 2 is 1.75 bits per heavy atom. The van der Waals surface area contributed by atoms with Gasteiger partial charge in [-0.2, -0.15) is 17.0 Å². The standard InChI is InChI=1S/C10H22N2O3S/c1-11(2)16(14,15)12(8-9-13)10-6-4-3-5-7-10/h10,13H,3-9H2,1-2H3. The molecule has 0 bridgehead atoms. The number of aliphatic hydroxyl groups is 1. The quantitative estimate of drug-likeness (QED) is 0.769. The second kappa shape index (κ2) is 5.95. The summed E-state index contributed by atoms with van der Waals surface area (Å²) >= 11 is 0. The zero-order chi connectivity index (χ0) is 12.2. The van der Waals surface area contributed by atoms with Crippen LogP contribution in [-0.2, 0) is 10.2 Å². The molecule has 0 amide bonds. The van der Waals surface area contributed by atoms with E-state index in [1.54, 1.807) is 0 Å². The van der Waals surface area contributed by atoms with Crippen molar-refractivity contribution in [1.82, 2.24) is 8.61 Å². The van der Waals surface area contributed by atoms with Crippen molar-refractivity contribution in [3.05, 3.63) is 0 Å². The lowest BCUT2D eigenvalue weighted by Crippen LogP contribution is -2.48. The van der Waals surface area contributed by atoms with E-state index < -0.39 is 10.2 Å². The van der Waals surface area contributed by atoms with Gasteiger partial charge in [-0.05, 0) is 12.8 Å². The Hall–Kier alpha value is -0.170. The first-order chi connectivity index (χ1) is 7.50. The molecule has 96 valence electrons. The first-order valence-corrected chi connectivity index (χ1v) is 7.20. The van der Waals surface area contributed by atoms with Crippen molar-refractivity contribution in [2.45, 2.75) is 38.1 Å². The highest BCUT2D eigenvalue weighted by molar-refractivity contribution is 7.86. The van der Waals surface area contributed by atoms with Gasteiger partial charge in [0.2, 0.25) is 0 Å². The third kappa shape index (κ3) is 3.16. The van der Waals surface area contributed by atoms with Crippen molar-refractivity contribution >= 4 is 10.2 Å². The van der Waals surface area contributed by atoms with E-state index in [0.29, 0.717) is 0 Å².